The van der Waals surface area contributed by atoms with Crippen molar-refractivity contribution in [3.63, 3.8) is 0 Å². The largest absolute Gasteiger partial charge is 0.481 e. The minimum Gasteiger partial charge on any atom is -0.481 e. The summed E-state index contributed by atoms with van der Waals surface area (Å²) in [6.07, 6.45) is 1.49. The summed E-state index contributed by atoms with van der Waals surface area (Å²) in [6, 6.07) is 6.77. The number of imide groups is 1. The predicted octanol–water partition coefficient (Wildman–Crippen LogP) is 1.51. The zero-order valence-corrected chi connectivity index (χ0v) is 15.0. The first-order valence-corrected chi connectivity index (χ1v) is 8.75. The quantitative estimate of drug-likeness (QED) is 0.608. The van der Waals surface area contributed by atoms with E-state index in [4.69, 9.17) is 0 Å². The average Bonchev–Trinajstić information content (AvgIpc) is 2.93. The van der Waals surface area contributed by atoms with E-state index in [1.165, 1.54) is 0 Å². The summed E-state index contributed by atoms with van der Waals surface area (Å²) < 4.78 is 0. The first-order valence-electron chi connectivity index (χ1n) is 8.75. The minimum absolute atomic E-state index is 0.0697. The van der Waals surface area contributed by atoms with Gasteiger partial charge in [-0.05, 0) is 37.0 Å². The van der Waals surface area contributed by atoms with Gasteiger partial charge >= 0.3 is 5.97 Å². The van der Waals surface area contributed by atoms with Crippen molar-refractivity contribution in [3.05, 3.63) is 35.4 Å². The van der Waals surface area contributed by atoms with Crippen LogP contribution in [0.25, 0.3) is 0 Å². The van der Waals surface area contributed by atoms with Crippen LogP contribution in [0.1, 0.15) is 49.0 Å². The Kier molecular flexibility index (Phi) is 6.13. The fraction of sp³-hybridized carbons (Fsp3) is 0.474. The first-order chi connectivity index (χ1) is 12.3. The summed E-state index contributed by atoms with van der Waals surface area (Å²) in [5.41, 5.74) is 0.323. The highest BCUT2D eigenvalue weighted by atomic mass is 16.4. The molecule has 0 saturated carbocycles. The number of benzene rings is 1. The van der Waals surface area contributed by atoms with Gasteiger partial charge in [0.25, 0.3) is 5.91 Å². The Morgan fingerprint density at radius 2 is 1.81 bits per heavy atom. The van der Waals surface area contributed by atoms with Gasteiger partial charge in [0.1, 0.15) is 0 Å². The third kappa shape index (κ3) is 4.28. The number of rotatable bonds is 8. The number of carboxylic acids is 1. The van der Waals surface area contributed by atoms with Gasteiger partial charge in [0, 0.05) is 18.5 Å². The topological polar surface area (TPSA) is 113 Å². The van der Waals surface area contributed by atoms with Crippen LogP contribution < -0.4 is 10.6 Å². The molecular weight excluding hydrogens is 336 g/mol. The standard InChI is InChI=1S/C19H24N2O5/c1-3-19(4-2,18(25)26)11-20-16(23)13-7-5-12(6-8-13)9-14-10-15(22)21-17(14)24/h5-8,14H,3-4,9-11H2,1-2H3,(H,20,23)(H,25,26)(H,21,22,24). The summed E-state index contributed by atoms with van der Waals surface area (Å²) in [6.45, 7) is 3.66. The third-order valence-corrected chi connectivity index (χ3v) is 5.16. The molecule has 0 aliphatic carbocycles. The molecule has 1 unspecified atom stereocenters. The van der Waals surface area contributed by atoms with Crippen LogP contribution in [0.5, 0.6) is 0 Å². The van der Waals surface area contributed by atoms with Crippen molar-refractivity contribution in [1.82, 2.24) is 10.6 Å². The van der Waals surface area contributed by atoms with E-state index in [9.17, 15) is 24.3 Å². The highest BCUT2D eigenvalue weighted by Crippen LogP contribution is 2.26. The fourth-order valence-corrected chi connectivity index (χ4v) is 3.08. The Bertz CT molecular complexity index is 707. The lowest BCUT2D eigenvalue weighted by atomic mass is 9.82. The van der Waals surface area contributed by atoms with Crippen molar-refractivity contribution < 1.29 is 24.3 Å². The highest BCUT2D eigenvalue weighted by molar-refractivity contribution is 6.03. The summed E-state index contributed by atoms with van der Waals surface area (Å²) in [7, 11) is 0. The molecule has 1 heterocycles. The number of aliphatic carboxylic acids is 1. The van der Waals surface area contributed by atoms with Gasteiger partial charge in [-0.25, -0.2) is 0 Å². The highest BCUT2D eigenvalue weighted by Gasteiger charge is 2.35. The molecule has 2 rings (SSSR count). The molecule has 3 N–H and O–H groups in total. The van der Waals surface area contributed by atoms with Crippen molar-refractivity contribution in [2.45, 2.75) is 39.5 Å². The molecule has 1 fully saturated rings. The van der Waals surface area contributed by atoms with Crippen molar-refractivity contribution in [2.24, 2.45) is 11.3 Å². The van der Waals surface area contributed by atoms with Crippen LogP contribution in [-0.2, 0) is 20.8 Å². The molecule has 0 bridgehead atoms. The normalized spacial score (nSPS) is 17.1. The summed E-state index contributed by atoms with van der Waals surface area (Å²) in [5.74, 6) is -2.14. The van der Waals surface area contributed by atoms with E-state index in [2.05, 4.69) is 10.6 Å². The van der Waals surface area contributed by atoms with Gasteiger partial charge in [0.2, 0.25) is 11.8 Å². The molecule has 1 aliphatic rings. The molecule has 7 heteroatoms. The Hall–Kier alpha value is -2.70. The van der Waals surface area contributed by atoms with Crippen LogP contribution in [0.15, 0.2) is 24.3 Å². The van der Waals surface area contributed by atoms with Gasteiger partial charge in [0.15, 0.2) is 0 Å². The summed E-state index contributed by atoms with van der Waals surface area (Å²) in [5, 5.41) is 14.4. The number of hydrogen-bond acceptors (Lipinski definition) is 4. The van der Waals surface area contributed by atoms with Gasteiger partial charge in [-0.1, -0.05) is 26.0 Å². The van der Waals surface area contributed by atoms with E-state index in [0.717, 1.165) is 5.56 Å². The fourth-order valence-electron chi connectivity index (χ4n) is 3.08. The molecule has 0 spiro atoms. The van der Waals surface area contributed by atoms with Crippen LogP contribution in [0, 0.1) is 11.3 Å². The monoisotopic (exact) mass is 360 g/mol. The Balaban J connectivity index is 1.97. The average molecular weight is 360 g/mol. The van der Waals surface area contributed by atoms with Gasteiger partial charge in [-0.2, -0.15) is 0 Å². The molecule has 140 valence electrons. The third-order valence-electron chi connectivity index (χ3n) is 5.16. The molecule has 3 amide bonds. The number of hydrogen-bond donors (Lipinski definition) is 3. The Morgan fingerprint density at radius 3 is 2.27 bits per heavy atom. The second-order valence-corrected chi connectivity index (χ2v) is 6.69. The number of amides is 3. The van der Waals surface area contributed by atoms with E-state index in [-0.39, 0.29) is 36.6 Å². The lowest BCUT2D eigenvalue weighted by molar-refractivity contribution is -0.149. The van der Waals surface area contributed by atoms with Crippen molar-refractivity contribution in [1.29, 1.82) is 0 Å². The maximum absolute atomic E-state index is 12.3. The molecular formula is C19H24N2O5. The number of carbonyl (C=O) groups excluding carboxylic acids is 3. The maximum Gasteiger partial charge on any atom is 0.311 e. The molecule has 7 nitrogen and oxygen atoms in total. The van der Waals surface area contributed by atoms with Crippen molar-refractivity contribution in [2.75, 3.05) is 6.54 Å². The molecule has 1 aromatic carbocycles. The summed E-state index contributed by atoms with van der Waals surface area (Å²) in [4.78, 5) is 46.6. The van der Waals surface area contributed by atoms with Crippen LogP contribution in [-0.4, -0.2) is 35.3 Å². The van der Waals surface area contributed by atoms with Gasteiger partial charge in [-0.3, -0.25) is 24.5 Å². The molecule has 1 saturated heterocycles. The van der Waals surface area contributed by atoms with Crippen LogP contribution >= 0.6 is 0 Å². The van der Waals surface area contributed by atoms with Crippen LogP contribution in [0.2, 0.25) is 0 Å². The second-order valence-electron chi connectivity index (χ2n) is 6.69. The van der Waals surface area contributed by atoms with Crippen molar-refractivity contribution in [3.8, 4) is 0 Å². The lowest BCUT2D eigenvalue weighted by Gasteiger charge is -2.26. The van der Waals surface area contributed by atoms with E-state index >= 15 is 0 Å². The number of nitrogens with one attached hydrogen (secondary N) is 2. The predicted molar refractivity (Wildman–Crippen MR) is 94.4 cm³/mol. The molecule has 0 radical (unpaired) electrons. The lowest BCUT2D eigenvalue weighted by Crippen LogP contribution is -2.42. The van der Waals surface area contributed by atoms with Crippen LogP contribution in [0.3, 0.4) is 0 Å². The smallest absolute Gasteiger partial charge is 0.311 e. The molecule has 1 aromatic rings. The minimum atomic E-state index is -0.960. The molecule has 0 aromatic heterocycles. The number of carboxylic acid groups (broad SMARTS) is 1. The molecule has 1 aliphatic heterocycles. The zero-order chi connectivity index (χ0) is 19.3. The molecule has 1 atom stereocenters. The van der Waals surface area contributed by atoms with Crippen LogP contribution in [0.4, 0.5) is 0 Å². The van der Waals surface area contributed by atoms with E-state index < -0.39 is 11.4 Å². The van der Waals surface area contributed by atoms with Crippen molar-refractivity contribution >= 4 is 23.7 Å². The maximum atomic E-state index is 12.3. The van der Waals surface area contributed by atoms with E-state index in [1.807, 2.05) is 0 Å². The Morgan fingerprint density at radius 1 is 1.19 bits per heavy atom. The SMILES string of the molecule is CCC(CC)(CNC(=O)c1ccc(CC2CC(=O)NC2=O)cc1)C(=O)O. The van der Waals surface area contributed by atoms with Gasteiger partial charge in [0.05, 0.1) is 11.3 Å². The number of carbonyl (C=O) groups is 4. The second kappa shape index (κ2) is 8.12. The van der Waals surface area contributed by atoms with E-state index in [0.29, 0.717) is 24.8 Å². The Labute approximate surface area is 152 Å². The zero-order valence-electron chi connectivity index (χ0n) is 15.0. The van der Waals surface area contributed by atoms with E-state index in [1.54, 1.807) is 38.1 Å². The summed E-state index contributed by atoms with van der Waals surface area (Å²) >= 11 is 0. The van der Waals surface area contributed by atoms with Gasteiger partial charge < -0.3 is 10.4 Å². The van der Waals surface area contributed by atoms with Gasteiger partial charge in [-0.15, -0.1) is 0 Å². The molecule has 26 heavy (non-hydrogen) atoms. The first kappa shape index (κ1) is 19.6.